The fourth-order valence-corrected chi connectivity index (χ4v) is 3.92. The average molecular weight is 387 g/mol. The second-order valence-electron chi connectivity index (χ2n) is 5.46. The third-order valence-electron chi connectivity index (χ3n) is 3.85. The van der Waals surface area contributed by atoms with Crippen LogP contribution in [0, 0.1) is 5.82 Å². The van der Waals surface area contributed by atoms with Gasteiger partial charge in [0, 0.05) is 16.3 Å². The number of H-pyrrole nitrogens is 1. The van der Waals surface area contributed by atoms with Crippen LogP contribution in [-0.2, 0) is 5.75 Å². The highest BCUT2D eigenvalue weighted by Gasteiger charge is 2.16. The molecule has 0 aliphatic heterocycles. The summed E-state index contributed by atoms with van der Waals surface area (Å²) in [6.07, 6.45) is 1.43. The summed E-state index contributed by atoms with van der Waals surface area (Å²) in [6.45, 7) is 0. The van der Waals surface area contributed by atoms with Crippen molar-refractivity contribution in [3.8, 4) is 5.69 Å². The molecule has 8 heteroatoms. The molecule has 0 radical (unpaired) electrons. The highest BCUT2D eigenvalue weighted by Crippen LogP contribution is 2.28. The summed E-state index contributed by atoms with van der Waals surface area (Å²) in [5.74, 6) is -0.153. The van der Waals surface area contributed by atoms with E-state index in [9.17, 15) is 9.18 Å². The monoisotopic (exact) mass is 386 g/mol. The Kier molecular flexibility index (Phi) is 4.48. The molecule has 1 N–H and O–H groups in total. The number of nitrogens with zero attached hydrogens (tertiary/aromatic N) is 3. The first-order chi connectivity index (χ1) is 12.6. The third kappa shape index (κ3) is 3.00. The summed E-state index contributed by atoms with van der Waals surface area (Å²) in [6, 6.07) is 13.7. The van der Waals surface area contributed by atoms with Crippen LogP contribution < -0.4 is 5.56 Å². The van der Waals surface area contributed by atoms with Gasteiger partial charge in [0.2, 0.25) is 0 Å². The van der Waals surface area contributed by atoms with Gasteiger partial charge in [0.05, 0.1) is 12.0 Å². The number of fused-ring (bicyclic) bond motifs is 1. The van der Waals surface area contributed by atoms with E-state index in [0.29, 0.717) is 32.6 Å². The van der Waals surface area contributed by atoms with E-state index in [1.807, 2.05) is 30.3 Å². The number of aromatic amines is 1. The van der Waals surface area contributed by atoms with E-state index in [-0.39, 0.29) is 17.1 Å². The normalized spacial score (nSPS) is 11.2. The highest BCUT2D eigenvalue weighted by atomic mass is 35.5. The Morgan fingerprint density at radius 2 is 1.96 bits per heavy atom. The van der Waals surface area contributed by atoms with Gasteiger partial charge in [-0.05, 0) is 24.3 Å². The fourth-order valence-electron chi connectivity index (χ4n) is 2.58. The Balaban J connectivity index is 1.82. The Hall–Kier alpha value is -2.64. The number of hydrogen-bond donors (Lipinski definition) is 1. The number of thioether (sulfide) groups is 1. The van der Waals surface area contributed by atoms with Crippen molar-refractivity contribution < 1.29 is 4.39 Å². The van der Waals surface area contributed by atoms with Crippen LogP contribution in [0.15, 0.2) is 64.8 Å². The predicted octanol–water partition coefficient (Wildman–Crippen LogP) is 4.19. The smallest absolute Gasteiger partial charge is 0.284 e. The van der Waals surface area contributed by atoms with Gasteiger partial charge >= 0.3 is 0 Å². The van der Waals surface area contributed by atoms with Crippen molar-refractivity contribution in [2.24, 2.45) is 0 Å². The van der Waals surface area contributed by atoms with Gasteiger partial charge in [-0.1, -0.05) is 47.6 Å². The van der Waals surface area contributed by atoms with Gasteiger partial charge in [-0.2, -0.15) is 0 Å². The third-order valence-corrected chi connectivity index (χ3v) is 5.17. The van der Waals surface area contributed by atoms with E-state index in [4.69, 9.17) is 11.6 Å². The Morgan fingerprint density at radius 1 is 1.15 bits per heavy atom. The lowest BCUT2D eigenvalue weighted by Crippen LogP contribution is -2.21. The number of benzene rings is 2. The van der Waals surface area contributed by atoms with Crippen molar-refractivity contribution >= 4 is 34.5 Å². The van der Waals surface area contributed by atoms with E-state index in [2.05, 4.69) is 15.0 Å². The van der Waals surface area contributed by atoms with Crippen LogP contribution in [0.3, 0.4) is 0 Å². The maximum absolute atomic E-state index is 14.1. The van der Waals surface area contributed by atoms with E-state index in [1.165, 1.54) is 28.7 Å². The maximum Gasteiger partial charge on any atom is 0.284 e. The molecule has 0 fully saturated rings. The van der Waals surface area contributed by atoms with Crippen LogP contribution in [0.2, 0.25) is 5.02 Å². The topological polar surface area (TPSA) is 63.6 Å². The number of nitrogens with one attached hydrogen (secondary N) is 1. The molecule has 0 saturated heterocycles. The van der Waals surface area contributed by atoms with Crippen LogP contribution in [0.25, 0.3) is 16.9 Å². The van der Waals surface area contributed by atoms with Crippen LogP contribution >= 0.6 is 23.4 Å². The van der Waals surface area contributed by atoms with E-state index < -0.39 is 0 Å². The van der Waals surface area contributed by atoms with Gasteiger partial charge < -0.3 is 4.98 Å². The van der Waals surface area contributed by atoms with Crippen molar-refractivity contribution in [1.29, 1.82) is 0 Å². The van der Waals surface area contributed by atoms with Crippen LogP contribution in [-0.4, -0.2) is 19.5 Å². The van der Waals surface area contributed by atoms with Crippen molar-refractivity contribution in [3.63, 3.8) is 0 Å². The summed E-state index contributed by atoms with van der Waals surface area (Å²) in [4.78, 5) is 24.3. The molecular formula is C18H12ClFN4OS. The number of aromatic nitrogens is 4. The first kappa shape index (κ1) is 16.8. The molecule has 26 heavy (non-hydrogen) atoms. The van der Waals surface area contributed by atoms with Crippen LogP contribution in [0.4, 0.5) is 4.39 Å². The highest BCUT2D eigenvalue weighted by molar-refractivity contribution is 7.98. The molecule has 0 aliphatic carbocycles. The number of hydrogen-bond acceptors (Lipinski definition) is 4. The average Bonchev–Trinajstić information content (AvgIpc) is 3.11. The molecule has 5 nitrogen and oxygen atoms in total. The predicted molar refractivity (Wildman–Crippen MR) is 100 cm³/mol. The number of halogens is 2. The van der Waals surface area contributed by atoms with E-state index >= 15 is 0 Å². The molecule has 0 spiro atoms. The number of imidazole rings is 1. The fraction of sp³-hybridized carbons (Fsp3) is 0.0556. The largest absolute Gasteiger partial charge is 0.339 e. The Labute approximate surface area is 156 Å². The maximum atomic E-state index is 14.1. The van der Waals surface area contributed by atoms with Gasteiger partial charge in [-0.15, -0.1) is 0 Å². The molecule has 2 aromatic heterocycles. The second-order valence-corrected chi connectivity index (χ2v) is 6.81. The summed E-state index contributed by atoms with van der Waals surface area (Å²) in [5, 5.41) is 0.757. The lowest BCUT2D eigenvalue weighted by Gasteiger charge is -2.12. The Morgan fingerprint density at radius 3 is 2.73 bits per heavy atom. The minimum Gasteiger partial charge on any atom is -0.339 e. The summed E-state index contributed by atoms with van der Waals surface area (Å²) < 4.78 is 15.5. The molecule has 2 aromatic carbocycles. The van der Waals surface area contributed by atoms with E-state index in [0.717, 1.165) is 0 Å². The lowest BCUT2D eigenvalue weighted by atomic mass is 10.2. The van der Waals surface area contributed by atoms with Crippen molar-refractivity contribution in [2.45, 2.75) is 10.9 Å². The quantitative estimate of drug-likeness (QED) is 0.422. The Bertz CT molecular complexity index is 1120. The molecule has 0 atom stereocenters. The minimum absolute atomic E-state index is 0.237. The van der Waals surface area contributed by atoms with E-state index in [1.54, 1.807) is 12.1 Å². The molecule has 2 heterocycles. The van der Waals surface area contributed by atoms with Crippen LogP contribution in [0.1, 0.15) is 5.56 Å². The zero-order valence-electron chi connectivity index (χ0n) is 13.3. The molecule has 0 aliphatic rings. The molecule has 0 saturated carbocycles. The van der Waals surface area contributed by atoms with Gasteiger partial charge in [0.1, 0.15) is 5.82 Å². The second kappa shape index (κ2) is 6.93. The molecule has 130 valence electrons. The van der Waals surface area contributed by atoms with Gasteiger partial charge in [0.15, 0.2) is 16.3 Å². The lowest BCUT2D eigenvalue weighted by molar-refractivity contribution is 0.617. The van der Waals surface area contributed by atoms with Crippen molar-refractivity contribution in [3.05, 3.63) is 81.6 Å². The molecule has 4 aromatic rings. The summed E-state index contributed by atoms with van der Waals surface area (Å²) in [5.41, 5.74) is 1.42. The SMILES string of the molecule is O=c1c2[nH]cnc2nc(SCc2c(F)cccc2Cl)n1-c1ccccc1. The van der Waals surface area contributed by atoms with Gasteiger partial charge in [0.25, 0.3) is 5.56 Å². The first-order valence-electron chi connectivity index (χ1n) is 7.72. The minimum atomic E-state index is -0.389. The van der Waals surface area contributed by atoms with Crippen LogP contribution in [0.5, 0.6) is 0 Å². The molecule has 0 bridgehead atoms. The summed E-state index contributed by atoms with van der Waals surface area (Å²) in [7, 11) is 0. The summed E-state index contributed by atoms with van der Waals surface area (Å²) >= 11 is 7.33. The van der Waals surface area contributed by atoms with Gasteiger partial charge in [-0.3, -0.25) is 9.36 Å². The molecule has 4 rings (SSSR count). The van der Waals surface area contributed by atoms with Crippen molar-refractivity contribution in [2.75, 3.05) is 0 Å². The first-order valence-corrected chi connectivity index (χ1v) is 9.09. The zero-order valence-corrected chi connectivity index (χ0v) is 14.9. The number of rotatable bonds is 4. The number of para-hydroxylation sites is 1. The van der Waals surface area contributed by atoms with Crippen molar-refractivity contribution in [1.82, 2.24) is 19.5 Å². The van der Waals surface area contributed by atoms with Gasteiger partial charge in [-0.25, -0.2) is 14.4 Å². The standard InChI is InChI=1S/C18H12ClFN4OS/c19-13-7-4-8-14(20)12(13)9-26-18-23-16-15(21-10-22-16)17(25)24(18)11-5-2-1-3-6-11/h1-8,10H,9H2,(H,21,22). The molecule has 0 unspecified atom stereocenters. The molecule has 0 amide bonds. The molecular weight excluding hydrogens is 375 g/mol. The zero-order chi connectivity index (χ0) is 18.1.